The molecule has 2 fully saturated rings. The van der Waals surface area contributed by atoms with Gasteiger partial charge in [0.25, 0.3) is 0 Å². The van der Waals surface area contributed by atoms with Crippen molar-refractivity contribution in [2.45, 2.75) is 90.6 Å². The van der Waals surface area contributed by atoms with Crippen molar-refractivity contribution in [2.75, 3.05) is 0 Å². The van der Waals surface area contributed by atoms with Crippen LogP contribution in [0.4, 0.5) is 0 Å². The second-order valence-electron chi connectivity index (χ2n) is 8.17. The SMILES string of the molecule is CCC1CCC(C#N)(C2(O)CCCC(CC(C)C)C2)CC1. The number of rotatable bonds is 4. The summed E-state index contributed by atoms with van der Waals surface area (Å²) in [4.78, 5) is 0. The summed E-state index contributed by atoms with van der Waals surface area (Å²) in [6.45, 7) is 6.78. The summed E-state index contributed by atoms with van der Waals surface area (Å²) in [6.07, 6.45) is 10.5. The summed E-state index contributed by atoms with van der Waals surface area (Å²) >= 11 is 0. The molecular weight excluding hydrogens is 258 g/mol. The minimum absolute atomic E-state index is 0.464. The Bertz CT molecular complexity index is 376. The Kier molecular flexibility index (Phi) is 5.36. The largest absolute Gasteiger partial charge is 0.388 e. The Labute approximate surface area is 130 Å². The normalized spacial score (nSPS) is 41.0. The molecule has 21 heavy (non-hydrogen) atoms. The predicted molar refractivity (Wildman–Crippen MR) is 86.7 cm³/mol. The molecule has 2 heteroatoms. The standard InChI is InChI=1S/C19H33NO/c1-4-16-7-10-18(14-20,11-8-16)19(21)9-5-6-17(13-19)12-15(2)3/h15-17,21H,4-13H2,1-3H3. The van der Waals surface area contributed by atoms with Gasteiger partial charge < -0.3 is 5.11 Å². The molecule has 0 aliphatic heterocycles. The predicted octanol–water partition coefficient (Wildman–Crippen LogP) is 5.06. The Morgan fingerprint density at radius 3 is 2.33 bits per heavy atom. The fourth-order valence-corrected chi connectivity index (χ4v) is 4.93. The van der Waals surface area contributed by atoms with Crippen LogP contribution in [-0.4, -0.2) is 10.7 Å². The van der Waals surface area contributed by atoms with Gasteiger partial charge in [0.05, 0.1) is 17.1 Å². The molecule has 2 nitrogen and oxygen atoms in total. The molecule has 2 aliphatic carbocycles. The Balaban J connectivity index is 2.11. The highest BCUT2D eigenvalue weighted by molar-refractivity contribution is 5.14. The van der Waals surface area contributed by atoms with Crippen molar-refractivity contribution in [2.24, 2.45) is 23.2 Å². The molecule has 0 saturated heterocycles. The molecule has 0 aromatic rings. The molecule has 0 radical (unpaired) electrons. The molecule has 2 rings (SSSR count). The highest BCUT2D eigenvalue weighted by Crippen LogP contribution is 2.53. The molecule has 0 heterocycles. The molecular formula is C19H33NO. The maximum Gasteiger partial charge on any atom is 0.0860 e. The molecule has 2 unspecified atom stereocenters. The van der Waals surface area contributed by atoms with Gasteiger partial charge in [0.15, 0.2) is 0 Å². The summed E-state index contributed by atoms with van der Waals surface area (Å²) in [7, 11) is 0. The van der Waals surface area contributed by atoms with Crippen molar-refractivity contribution in [3.63, 3.8) is 0 Å². The zero-order valence-corrected chi connectivity index (χ0v) is 14.2. The quantitative estimate of drug-likeness (QED) is 0.786. The van der Waals surface area contributed by atoms with Crippen LogP contribution in [-0.2, 0) is 0 Å². The van der Waals surface area contributed by atoms with Crippen molar-refractivity contribution in [1.82, 2.24) is 0 Å². The average Bonchev–Trinajstić information content (AvgIpc) is 2.46. The van der Waals surface area contributed by atoms with Gasteiger partial charge in [-0.15, -0.1) is 0 Å². The van der Waals surface area contributed by atoms with Crippen LogP contribution in [0.25, 0.3) is 0 Å². The number of hydrogen-bond acceptors (Lipinski definition) is 2. The van der Waals surface area contributed by atoms with Crippen LogP contribution in [0.3, 0.4) is 0 Å². The number of hydrogen-bond donors (Lipinski definition) is 1. The van der Waals surface area contributed by atoms with Gasteiger partial charge in [-0.3, -0.25) is 0 Å². The number of nitrogens with zero attached hydrogens (tertiary/aromatic N) is 1. The van der Waals surface area contributed by atoms with Crippen LogP contribution >= 0.6 is 0 Å². The van der Waals surface area contributed by atoms with Crippen LogP contribution in [0, 0.1) is 34.5 Å². The first-order valence-corrected chi connectivity index (χ1v) is 9.08. The molecule has 2 saturated carbocycles. The van der Waals surface area contributed by atoms with E-state index >= 15 is 0 Å². The lowest BCUT2D eigenvalue weighted by Crippen LogP contribution is -2.52. The molecule has 2 atom stereocenters. The highest BCUT2D eigenvalue weighted by Gasteiger charge is 2.53. The first kappa shape index (κ1) is 16.8. The van der Waals surface area contributed by atoms with Gasteiger partial charge in [-0.25, -0.2) is 0 Å². The molecule has 0 bridgehead atoms. The zero-order chi connectivity index (χ0) is 15.5. The lowest BCUT2D eigenvalue weighted by Gasteiger charge is -2.50. The summed E-state index contributed by atoms with van der Waals surface area (Å²) < 4.78 is 0. The fraction of sp³-hybridized carbons (Fsp3) is 0.947. The highest BCUT2D eigenvalue weighted by atomic mass is 16.3. The van der Waals surface area contributed by atoms with E-state index in [-0.39, 0.29) is 0 Å². The third kappa shape index (κ3) is 3.45. The lowest BCUT2D eigenvalue weighted by molar-refractivity contribution is -0.116. The van der Waals surface area contributed by atoms with Crippen LogP contribution < -0.4 is 0 Å². The van der Waals surface area contributed by atoms with E-state index < -0.39 is 11.0 Å². The third-order valence-corrected chi connectivity index (χ3v) is 6.27. The molecule has 120 valence electrons. The third-order valence-electron chi connectivity index (χ3n) is 6.27. The van der Waals surface area contributed by atoms with Crippen molar-refractivity contribution in [3.8, 4) is 6.07 Å². The molecule has 0 amide bonds. The summed E-state index contributed by atoms with van der Waals surface area (Å²) in [6, 6.07) is 2.60. The van der Waals surface area contributed by atoms with Gasteiger partial charge in [-0.2, -0.15) is 5.26 Å². The monoisotopic (exact) mass is 291 g/mol. The summed E-state index contributed by atoms with van der Waals surface area (Å²) in [5.74, 6) is 2.06. The summed E-state index contributed by atoms with van der Waals surface area (Å²) in [5.41, 5.74) is -1.19. The number of nitriles is 1. The van der Waals surface area contributed by atoms with E-state index in [0.29, 0.717) is 11.8 Å². The van der Waals surface area contributed by atoms with Crippen molar-refractivity contribution < 1.29 is 5.11 Å². The lowest BCUT2D eigenvalue weighted by atomic mass is 9.56. The Morgan fingerprint density at radius 2 is 1.81 bits per heavy atom. The zero-order valence-electron chi connectivity index (χ0n) is 14.2. The summed E-state index contributed by atoms with van der Waals surface area (Å²) in [5, 5.41) is 21.2. The van der Waals surface area contributed by atoms with E-state index in [2.05, 4.69) is 26.8 Å². The first-order chi connectivity index (χ1) is 9.94. The van der Waals surface area contributed by atoms with E-state index in [9.17, 15) is 10.4 Å². The van der Waals surface area contributed by atoms with Gasteiger partial charge >= 0.3 is 0 Å². The number of aliphatic hydroxyl groups is 1. The molecule has 2 aliphatic rings. The van der Waals surface area contributed by atoms with Gasteiger partial charge in [-0.1, -0.05) is 40.0 Å². The fourth-order valence-electron chi connectivity index (χ4n) is 4.93. The molecule has 0 spiro atoms. The van der Waals surface area contributed by atoms with E-state index in [4.69, 9.17) is 0 Å². The topological polar surface area (TPSA) is 44.0 Å². The molecule has 0 aromatic heterocycles. The van der Waals surface area contributed by atoms with Gasteiger partial charge in [-0.05, 0) is 62.7 Å². The first-order valence-electron chi connectivity index (χ1n) is 9.08. The van der Waals surface area contributed by atoms with Crippen LogP contribution in [0.5, 0.6) is 0 Å². The van der Waals surface area contributed by atoms with Gasteiger partial charge in [0, 0.05) is 0 Å². The van der Waals surface area contributed by atoms with Crippen LogP contribution in [0.15, 0.2) is 0 Å². The second kappa shape index (κ2) is 6.69. The average molecular weight is 291 g/mol. The molecule has 1 N–H and O–H groups in total. The van der Waals surface area contributed by atoms with Gasteiger partial charge in [0.1, 0.15) is 0 Å². The van der Waals surface area contributed by atoms with Crippen molar-refractivity contribution in [3.05, 3.63) is 0 Å². The Morgan fingerprint density at radius 1 is 1.14 bits per heavy atom. The van der Waals surface area contributed by atoms with Gasteiger partial charge in [0.2, 0.25) is 0 Å². The molecule has 0 aromatic carbocycles. The van der Waals surface area contributed by atoms with E-state index in [1.165, 1.54) is 19.3 Å². The van der Waals surface area contributed by atoms with E-state index in [1.54, 1.807) is 0 Å². The van der Waals surface area contributed by atoms with Crippen molar-refractivity contribution in [1.29, 1.82) is 5.26 Å². The second-order valence-corrected chi connectivity index (χ2v) is 8.17. The van der Waals surface area contributed by atoms with Crippen LogP contribution in [0.1, 0.15) is 85.0 Å². The van der Waals surface area contributed by atoms with Crippen molar-refractivity contribution >= 4 is 0 Å². The maximum absolute atomic E-state index is 11.4. The van der Waals surface area contributed by atoms with E-state index in [0.717, 1.165) is 50.9 Å². The Hall–Kier alpha value is -0.550. The minimum atomic E-state index is -0.724. The van der Waals surface area contributed by atoms with Crippen LogP contribution in [0.2, 0.25) is 0 Å². The maximum atomic E-state index is 11.4. The minimum Gasteiger partial charge on any atom is -0.388 e. The van der Waals surface area contributed by atoms with E-state index in [1.807, 2.05) is 0 Å². The smallest absolute Gasteiger partial charge is 0.0860 e.